The van der Waals surface area contributed by atoms with Crippen molar-refractivity contribution in [2.45, 2.75) is 38.2 Å². The average Bonchev–Trinajstić information content (AvgIpc) is 2.26. The Labute approximate surface area is 80.2 Å². The summed E-state index contributed by atoms with van der Waals surface area (Å²) in [5.74, 6) is 0.858. The molecule has 0 aromatic carbocycles. The van der Waals surface area contributed by atoms with Crippen molar-refractivity contribution < 1.29 is 5.11 Å². The van der Waals surface area contributed by atoms with Gasteiger partial charge in [0.05, 0.1) is 5.60 Å². The van der Waals surface area contributed by atoms with E-state index in [0.29, 0.717) is 11.8 Å². The van der Waals surface area contributed by atoms with Crippen molar-refractivity contribution in [2.75, 3.05) is 0 Å². The van der Waals surface area contributed by atoms with E-state index in [1.165, 1.54) is 5.57 Å². The zero-order valence-corrected chi connectivity index (χ0v) is 8.29. The van der Waals surface area contributed by atoms with Crippen LogP contribution in [0.5, 0.6) is 0 Å². The molecule has 0 amide bonds. The van der Waals surface area contributed by atoms with Gasteiger partial charge < -0.3 is 5.11 Å². The van der Waals surface area contributed by atoms with Gasteiger partial charge in [0.15, 0.2) is 0 Å². The van der Waals surface area contributed by atoms with Gasteiger partial charge in [-0.05, 0) is 38.5 Å². The van der Waals surface area contributed by atoms with Crippen LogP contribution in [-0.2, 0) is 0 Å². The van der Waals surface area contributed by atoms with E-state index in [9.17, 15) is 5.11 Å². The van der Waals surface area contributed by atoms with Gasteiger partial charge in [0.1, 0.15) is 0 Å². The van der Waals surface area contributed by atoms with Crippen LogP contribution in [0, 0.1) is 11.8 Å². The molecule has 3 unspecified atom stereocenters. The van der Waals surface area contributed by atoms with Crippen LogP contribution in [0.2, 0.25) is 0 Å². The number of allylic oxidation sites excluding steroid dienone is 2. The molecule has 1 heteroatoms. The minimum atomic E-state index is -0.492. The predicted molar refractivity (Wildman–Crippen MR) is 54.4 cm³/mol. The summed E-state index contributed by atoms with van der Waals surface area (Å²) in [6, 6.07) is 0. The van der Waals surface area contributed by atoms with Gasteiger partial charge in [-0.3, -0.25) is 0 Å². The normalized spacial score (nSPS) is 44.6. The molecule has 1 nitrogen and oxygen atoms in total. The predicted octanol–water partition coefficient (Wildman–Crippen LogP) is 2.67. The molecule has 1 N–H and O–H groups in total. The van der Waals surface area contributed by atoms with Gasteiger partial charge in [0.25, 0.3) is 0 Å². The molecule has 0 saturated heterocycles. The highest BCUT2D eigenvalue weighted by Crippen LogP contribution is 2.46. The van der Waals surface area contributed by atoms with E-state index in [1.807, 2.05) is 6.92 Å². The zero-order chi connectivity index (χ0) is 9.47. The summed E-state index contributed by atoms with van der Waals surface area (Å²) >= 11 is 0. The molecule has 0 bridgehead atoms. The summed E-state index contributed by atoms with van der Waals surface area (Å²) in [5, 5.41) is 10.1. The molecule has 2 aliphatic rings. The number of hydrogen-bond donors (Lipinski definition) is 1. The van der Waals surface area contributed by atoms with Gasteiger partial charge in [-0.2, -0.15) is 0 Å². The van der Waals surface area contributed by atoms with Crippen LogP contribution >= 0.6 is 0 Å². The second-order valence-corrected chi connectivity index (χ2v) is 4.65. The number of fused-ring (bicyclic) bond motifs is 1. The van der Waals surface area contributed by atoms with Crippen LogP contribution < -0.4 is 0 Å². The minimum absolute atomic E-state index is 0.322. The lowest BCUT2D eigenvalue weighted by molar-refractivity contribution is 0.0333. The van der Waals surface area contributed by atoms with Gasteiger partial charge in [0, 0.05) is 5.92 Å². The van der Waals surface area contributed by atoms with Gasteiger partial charge in [-0.15, -0.1) is 0 Å². The summed E-state index contributed by atoms with van der Waals surface area (Å²) in [6.45, 7) is 6.09. The lowest BCUT2D eigenvalue weighted by Gasteiger charge is -2.26. The number of aliphatic hydroxyl groups is 1. The SMILES string of the molecule is C=C1CCC=CC2C1CCC2(C)O. The Morgan fingerprint density at radius 1 is 1.62 bits per heavy atom. The Morgan fingerprint density at radius 2 is 2.38 bits per heavy atom. The highest BCUT2D eigenvalue weighted by atomic mass is 16.3. The lowest BCUT2D eigenvalue weighted by Crippen LogP contribution is -2.30. The van der Waals surface area contributed by atoms with Crippen LogP contribution in [0.25, 0.3) is 0 Å². The molecule has 0 radical (unpaired) electrons. The van der Waals surface area contributed by atoms with Crippen molar-refractivity contribution in [3.8, 4) is 0 Å². The van der Waals surface area contributed by atoms with Crippen molar-refractivity contribution >= 4 is 0 Å². The molecule has 0 aromatic heterocycles. The molecule has 0 aliphatic heterocycles. The van der Waals surface area contributed by atoms with Gasteiger partial charge >= 0.3 is 0 Å². The standard InChI is InChI=1S/C12H18O/c1-9-5-3-4-6-11-10(9)7-8-12(11,2)13/h4,6,10-11,13H,1,3,5,7-8H2,2H3. The highest BCUT2D eigenvalue weighted by Gasteiger charge is 2.43. The molecule has 0 spiro atoms. The van der Waals surface area contributed by atoms with E-state index in [1.54, 1.807) is 0 Å². The van der Waals surface area contributed by atoms with Crippen LogP contribution in [0.1, 0.15) is 32.6 Å². The molecule has 3 atom stereocenters. The molecule has 2 rings (SSSR count). The largest absolute Gasteiger partial charge is 0.390 e. The van der Waals surface area contributed by atoms with Crippen LogP contribution in [0.3, 0.4) is 0 Å². The van der Waals surface area contributed by atoms with E-state index >= 15 is 0 Å². The monoisotopic (exact) mass is 178 g/mol. The van der Waals surface area contributed by atoms with Crippen LogP contribution in [0.15, 0.2) is 24.3 Å². The Kier molecular flexibility index (Phi) is 2.07. The molecule has 1 saturated carbocycles. The van der Waals surface area contributed by atoms with E-state index in [2.05, 4.69) is 18.7 Å². The number of hydrogen-bond acceptors (Lipinski definition) is 1. The third-order valence-electron chi connectivity index (χ3n) is 3.61. The summed E-state index contributed by atoms with van der Waals surface area (Å²) < 4.78 is 0. The van der Waals surface area contributed by atoms with Gasteiger partial charge in [-0.1, -0.05) is 24.3 Å². The Hall–Kier alpha value is -0.560. The Balaban J connectivity index is 2.28. The molecule has 0 aromatic rings. The first-order valence-corrected chi connectivity index (χ1v) is 5.18. The number of rotatable bonds is 0. The fourth-order valence-electron chi connectivity index (χ4n) is 2.72. The molecule has 2 aliphatic carbocycles. The fourth-order valence-corrected chi connectivity index (χ4v) is 2.72. The zero-order valence-electron chi connectivity index (χ0n) is 8.29. The molecule has 1 fully saturated rings. The summed E-state index contributed by atoms with van der Waals surface area (Å²) in [7, 11) is 0. The smallest absolute Gasteiger partial charge is 0.0688 e. The second kappa shape index (κ2) is 2.98. The van der Waals surface area contributed by atoms with Gasteiger partial charge in [0.2, 0.25) is 0 Å². The minimum Gasteiger partial charge on any atom is -0.390 e. The van der Waals surface area contributed by atoms with E-state index in [4.69, 9.17) is 0 Å². The Morgan fingerprint density at radius 3 is 3.15 bits per heavy atom. The van der Waals surface area contributed by atoms with Crippen molar-refractivity contribution in [2.24, 2.45) is 11.8 Å². The van der Waals surface area contributed by atoms with Crippen molar-refractivity contribution in [3.63, 3.8) is 0 Å². The summed E-state index contributed by atoms with van der Waals surface area (Å²) in [5.41, 5.74) is 0.849. The fraction of sp³-hybridized carbons (Fsp3) is 0.667. The first-order valence-electron chi connectivity index (χ1n) is 5.18. The van der Waals surface area contributed by atoms with E-state index in [0.717, 1.165) is 25.7 Å². The summed E-state index contributed by atoms with van der Waals surface area (Å²) in [4.78, 5) is 0. The maximum Gasteiger partial charge on any atom is 0.0688 e. The molecule has 72 valence electrons. The molecule has 0 heterocycles. The average molecular weight is 178 g/mol. The molecular formula is C12H18O. The van der Waals surface area contributed by atoms with E-state index < -0.39 is 5.60 Å². The van der Waals surface area contributed by atoms with Crippen LogP contribution in [0.4, 0.5) is 0 Å². The Bertz CT molecular complexity index is 250. The quantitative estimate of drug-likeness (QED) is 0.565. The van der Waals surface area contributed by atoms with Crippen molar-refractivity contribution in [1.82, 2.24) is 0 Å². The van der Waals surface area contributed by atoms with Crippen molar-refractivity contribution in [1.29, 1.82) is 0 Å². The molecule has 13 heavy (non-hydrogen) atoms. The van der Waals surface area contributed by atoms with E-state index in [-0.39, 0.29) is 0 Å². The maximum atomic E-state index is 10.1. The third kappa shape index (κ3) is 1.46. The first kappa shape index (κ1) is 9.01. The van der Waals surface area contributed by atoms with Gasteiger partial charge in [-0.25, -0.2) is 0 Å². The molecular weight excluding hydrogens is 160 g/mol. The maximum absolute atomic E-state index is 10.1. The second-order valence-electron chi connectivity index (χ2n) is 4.65. The van der Waals surface area contributed by atoms with Crippen LogP contribution in [-0.4, -0.2) is 10.7 Å². The summed E-state index contributed by atoms with van der Waals surface area (Å²) in [6.07, 6.45) is 8.65. The van der Waals surface area contributed by atoms with Crippen molar-refractivity contribution in [3.05, 3.63) is 24.3 Å². The first-order chi connectivity index (χ1) is 6.11. The highest BCUT2D eigenvalue weighted by molar-refractivity contribution is 5.18. The third-order valence-corrected chi connectivity index (χ3v) is 3.61. The lowest BCUT2D eigenvalue weighted by atomic mass is 9.84. The topological polar surface area (TPSA) is 20.2 Å².